The Hall–Kier alpha value is 0.1000. The van der Waals surface area contributed by atoms with Crippen LogP contribution >= 0.6 is 49.7 Å². The van der Waals surface area contributed by atoms with Crippen molar-refractivity contribution in [1.82, 2.24) is 0 Å². The maximum Gasteiger partial charge on any atom is 0.0747 e. The van der Waals surface area contributed by atoms with Crippen LogP contribution in [0.3, 0.4) is 0 Å². The number of thiol groups is 2. The van der Waals surface area contributed by atoms with Crippen LogP contribution in [0.5, 0.6) is 0 Å². The normalized spacial score (nSPS) is 9.50. The summed E-state index contributed by atoms with van der Waals surface area (Å²) in [6.07, 6.45) is 0. The van der Waals surface area contributed by atoms with Gasteiger partial charge in [0, 0.05) is 0 Å². The lowest BCUT2D eigenvalue weighted by molar-refractivity contribution is 1.66. The van der Waals surface area contributed by atoms with Gasteiger partial charge in [-0.15, -0.1) is 25.3 Å². The van der Waals surface area contributed by atoms with Crippen LogP contribution in [0.25, 0.3) is 0 Å². The van der Waals surface area contributed by atoms with E-state index in [4.69, 9.17) is 24.4 Å². The van der Waals surface area contributed by atoms with Crippen LogP contribution in [-0.2, 0) is 0 Å². The third kappa shape index (κ3) is 2.55. The molecule has 0 heterocycles. The van der Waals surface area contributed by atoms with E-state index in [-0.39, 0.29) is 0 Å². The van der Waals surface area contributed by atoms with Crippen LogP contribution in [0.2, 0.25) is 0 Å². The molecule has 0 saturated heterocycles. The highest BCUT2D eigenvalue weighted by Crippen LogP contribution is 2.10. The maximum absolute atomic E-state index is 4.88. The first-order chi connectivity index (χ1) is 5.61. The van der Waals surface area contributed by atoms with E-state index >= 15 is 0 Å². The molecule has 0 bridgehead atoms. The van der Waals surface area contributed by atoms with Crippen molar-refractivity contribution in [3.8, 4) is 0 Å². The summed E-state index contributed by atoms with van der Waals surface area (Å²) in [5.74, 6) is 0. The molecule has 0 spiro atoms. The van der Waals surface area contributed by atoms with Crippen LogP contribution in [0, 0.1) is 0 Å². The zero-order chi connectivity index (χ0) is 9.14. The Balaban J connectivity index is 3.01. The minimum absolute atomic E-state index is 0.589. The summed E-state index contributed by atoms with van der Waals surface area (Å²) >= 11 is 17.9. The summed E-state index contributed by atoms with van der Waals surface area (Å²) < 4.78 is 1.18. The van der Waals surface area contributed by atoms with E-state index in [0.717, 1.165) is 11.1 Å². The molecular weight excluding hydrogens is 224 g/mol. The average Bonchev–Trinajstić information content (AvgIpc) is 2.04. The van der Waals surface area contributed by atoms with E-state index in [9.17, 15) is 0 Å². The Morgan fingerprint density at radius 1 is 0.833 bits per heavy atom. The molecule has 0 aliphatic heterocycles. The predicted molar refractivity (Wildman–Crippen MR) is 67.8 cm³/mol. The van der Waals surface area contributed by atoms with Crippen molar-refractivity contribution in [3.05, 3.63) is 35.4 Å². The molecule has 0 aromatic heterocycles. The van der Waals surface area contributed by atoms with Crippen molar-refractivity contribution in [1.29, 1.82) is 0 Å². The number of hydrogen-bond donors (Lipinski definition) is 2. The molecule has 0 unspecified atom stereocenters. The van der Waals surface area contributed by atoms with E-state index in [0.29, 0.717) is 8.39 Å². The largest absolute Gasteiger partial charge is 0.131 e. The van der Waals surface area contributed by atoms with Crippen molar-refractivity contribution in [2.24, 2.45) is 0 Å². The van der Waals surface area contributed by atoms with E-state index in [1.165, 1.54) is 0 Å². The molecule has 0 atom stereocenters. The highest BCUT2D eigenvalue weighted by Gasteiger charge is 1.97. The van der Waals surface area contributed by atoms with Gasteiger partial charge in [0.25, 0.3) is 0 Å². The number of benzene rings is 1. The Labute approximate surface area is 93.2 Å². The second-order valence-electron chi connectivity index (χ2n) is 2.19. The first kappa shape index (κ1) is 10.2. The van der Waals surface area contributed by atoms with Gasteiger partial charge in [-0.2, -0.15) is 0 Å². The third-order valence-corrected chi connectivity index (χ3v) is 2.37. The molecule has 1 aromatic rings. The van der Waals surface area contributed by atoms with Gasteiger partial charge in [-0.25, -0.2) is 0 Å². The Morgan fingerprint density at radius 3 is 1.25 bits per heavy atom. The number of thiocarbonyl (C=S) groups is 2. The van der Waals surface area contributed by atoms with E-state index in [1.807, 2.05) is 24.3 Å². The lowest BCUT2D eigenvalue weighted by atomic mass is 10.2. The zero-order valence-corrected chi connectivity index (χ0v) is 9.44. The van der Waals surface area contributed by atoms with Gasteiger partial charge in [0.05, 0.1) is 8.39 Å². The van der Waals surface area contributed by atoms with Gasteiger partial charge in [0.2, 0.25) is 0 Å². The van der Waals surface area contributed by atoms with Crippen LogP contribution in [0.4, 0.5) is 0 Å². The Morgan fingerprint density at radius 2 is 1.08 bits per heavy atom. The van der Waals surface area contributed by atoms with Crippen molar-refractivity contribution < 1.29 is 0 Å². The lowest BCUT2D eigenvalue weighted by Crippen LogP contribution is -1.90. The Kier molecular flexibility index (Phi) is 3.71. The molecule has 12 heavy (non-hydrogen) atoms. The molecule has 0 aliphatic rings. The molecule has 0 nitrogen and oxygen atoms in total. The molecule has 0 aliphatic carbocycles. The summed E-state index contributed by atoms with van der Waals surface area (Å²) in [6, 6.07) is 7.53. The molecule has 0 N–H and O–H groups in total. The molecule has 1 rings (SSSR count). The minimum Gasteiger partial charge on any atom is -0.131 e. The molecule has 0 fully saturated rings. The highest BCUT2D eigenvalue weighted by atomic mass is 32.1. The lowest BCUT2D eigenvalue weighted by Gasteiger charge is -1.99. The molecule has 62 valence electrons. The standard InChI is InChI=1S/C8H6S4/c9-7(10)5-1-2-6(4-3-5)8(11)12/h1-4H,(H,9,10)(H,11,12). The fraction of sp³-hybridized carbons (Fsp3) is 0. The van der Waals surface area contributed by atoms with Gasteiger partial charge in [-0.1, -0.05) is 48.7 Å². The van der Waals surface area contributed by atoms with Crippen LogP contribution in [0.1, 0.15) is 11.1 Å². The average molecular weight is 230 g/mol. The zero-order valence-electron chi connectivity index (χ0n) is 6.02. The van der Waals surface area contributed by atoms with Crippen molar-refractivity contribution in [2.75, 3.05) is 0 Å². The van der Waals surface area contributed by atoms with Gasteiger partial charge in [-0.3, -0.25) is 0 Å². The van der Waals surface area contributed by atoms with Gasteiger partial charge in [0.15, 0.2) is 0 Å². The van der Waals surface area contributed by atoms with Gasteiger partial charge < -0.3 is 0 Å². The van der Waals surface area contributed by atoms with Crippen LogP contribution < -0.4 is 0 Å². The summed E-state index contributed by atoms with van der Waals surface area (Å²) in [7, 11) is 0. The summed E-state index contributed by atoms with van der Waals surface area (Å²) in [5, 5.41) is 0. The van der Waals surface area contributed by atoms with Crippen LogP contribution in [-0.4, -0.2) is 8.39 Å². The molecule has 4 heteroatoms. The molecule has 1 aromatic carbocycles. The highest BCUT2D eigenvalue weighted by molar-refractivity contribution is 8.12. The second-order valence-corrected chi connectivity index (χ2v) is 4.50. The van der Waals surface area contributed by atoms with E-state index in [2.05, 4.69) is 25.3 Å². The molecule has 0 radical (unpaired) electrons. The third-order valence-electron chi connectivity index (χ3n) is 1.38. The minimum atomic E-state index is 0.589. The van der Waals surface area contributed by atoms with E-state index < -0.39 is 0 Å². The van der Waals surface area contributed by atoms with Crippen molar-refractivity contribution in [3.63, 3.8) is 0 Å². The van der Waals surface area contributed by atoms with Crippen LogP contribution in [0.15, 0.2) is 24.3 Å². The smallest absolute Gasteiger partial charge is 0.0747 e. The SMILES string of the molecule is S=C(S)c1ccc(C(=S)S)cc1. The number of rotatable bonds is 2. The number of hydrogen-bond acceptors (Lipinski definition) is 2. The second kappa shape index (κ2) is 4.37. The molecular formula is C8H6S4. The first-order valence-corrected chi connectivity index (χ1v) is 4.89. The van der Waals surface area contributed by atoms with Crippen molar-refractivity contribution >= 4 is 58.1 Å². The predicted octanol–water partition coefficient (Wildman–Crippen LogP) is 2.90. The summed E-state index contributed by atoms with van der Waals surface area (Å²) in [5.41, 5.74) is 1.86. The fourth-order valence-corrected chi connectivity index (χ4v) is 1.33. The summed E-state index contributed by atoms with van der Waals surface area (Å²) in [6.45, 7) is 0. The monoisotopic (exact) mass is 230 g/mol. The fourth-order valence-electron chi connectivity index (χ4n) is 0.755. The van der Waals surface area contributed by atoms with E-state index in [1.54, 1.807) is 0 Å². The summed E-state index contributed by atoms with van der Waals surface area (Å²) in [4.78, 5) is 0. The van der Waals surface area contributed by atoms with Gasteiger partial charge >= 0.3 is 0 Å². The first-order valence-electron chi connectivity index (χ1n) is 3.18. The maximum atomic E-state index is 4.88. The molecule has 0 saturated carbocycles. The quantitative estimate of drug-likeness (QED) is 0.592. The van der Waals surface area contributed by atoms with Gasteiger partial charge in [0.1, 0.15) is 0 Å². The topological polar surface area (TPSA) is 0 Å². The van der Waals surface area contributed by atoms with Crippen molar-refractivity contribution in [2.45, 2.75) is 0 Å². The Bertz CT molecular complexity index is 279. The molecule has 0 amide bonds. The van der Waals surface area contributed by atoms with Gasteiger partial charge in [-0.05, 0) is 11.1 Å².